The number of likely N-dealkylation sites (N-methyl/N-ethyl adjacent to an activating group) is 1. The Morgan fingerprint density at radius 1 is 1.19 bits per heavy atom. The van der Waals surface area contributed by atoms with E-state index in [1.807, 2.05) is 48.3 Å². The SMILES string of the molecule is CC[C@]12CCNC[C@H]1c1cc(Nc3ccccc3)cc(C(F)(F)F)c1N2C. The van der Waals surface area contributed by atoms with Gasteiger partial charge in [0.25, 0.3) is 0 Å². The predicted molar refractivity (Wildman–Crippen MR) is 103 cm³/mol. The average molecular weight is 375 g/mol. The first kappa shape index (κ1) is 18.2. The quantitative estimate of drug-likeness (QED) is 0.779. The van der Waals surface area contributed by atoms with Gasteiger partial charge < -0.3 is 15.5 Å². The fraction of sp³-hybridized carbons (Fsp3) is 0.429. The molecule has 2 aromatic rings. The zero-order valence-corrected chi connectivity index (χ0v) is 15.5. The third kappa shape index (κ3) is 2.87. The molecule has 0 spiro atoms. The standard InChI is InChI=1S/C21H24F3N3/c1-3-20-9-10-25-13-18(20)16-11-15(26-14-7-5-4-6-8-14)12-17(21(22,23)24)19(16)27(20)2/h4-8,11-12,18,25-26H,3,9-10,13H2,1-2H3/t18-,20-/m0/s1. The number of para-hydroxylation sites is 1. The summed E-state index contributed by atoms with van der Waals surface area (Å²) in [6.07, 6.45) is -2.73. The van der Waals surface area contributed by atoms with Crippen LogP contribution in [0.1, 0.15) is 36.8 Å². The summed E-state index contributed by atoms with van der Waals surface area (Å²) in [7, 11) is 1.83. The molecule has 1 fully saturated rings. The lowest BCUT2D eigenvalue weighted by Gasteiger charge is -2.45. The fourth-order valence-electron chi connectivity index (χ4n) is 4.87. The van der Waals surface area contributed by atoms with E-state index < -0.39 is 11.7 Å². The molecule has 4 rings (SSSR count). The molecule has 27 heavy (non-hydrogen) atoms. The summed E-state index contributed by atoms with van der Waals surface area (Å²) in [5.74, 6) is 0.0508. The second-order valence-corrected chi connectivity index (χ2v) is 7.47. The van der Waals surface area contributed by atoms with Crippen molar-refractivity contribution in [1.29, 1.82) is 0 Å². The van der Waals surface area contributed by atoms with Gasteiger partial charge in [0.1, 0.15) is 0 Å². The van der Waals surface area contributed by atoms with Gasteiger partial charge in [0.05, 0.1) is 11.3 Å². The van der Waals surface area contributed by atoms with Gasteiger partial charge >= 0.3 is 6.18 Å². The minimum absolute atomic E-state index is 0.0508. The molecule has 0 radical (unpaired) electrons. The molecule has 0 bridgehead atoms. The Balaban J connectivity index is 1.86. The molecule has 0 aliphatic carbocycles. The van der Waals surface area contributed by atoms with E-state index >= 15 is 0 Å². The van der Waals surface area contributed by atoms with E-state index in [-0.39, 0.29) is 11.5 Å². The van der Waals surface area contributed by atoms with Crippen LogP contribution in [0.25, 0.3) is 0 Å². The zero-order valence-electron chi connectivity index (χ0n) is 15.5. The highest BCUT2D eigenvalue weighted by Crippen LogP contribution is 2.55. The number of hydrogen-bond acceptors (Lipinski definition) is 3. The molecule has 2 aliphatic heterocycles. The molecule has 2 N–H and O–H groups in total. The average Bonchev–Trinajstić information content (AvgIpc) is 2.91. The summed E-state index contributed by atoms with van der Waals surface area (Å²) in [6.45, 7) is 3.62. The monoisotopic (exact) mass is 375 g/mol. The van der Waals surface area contributed by atoms with Crippen LogP contribution in [0, 0.1) is 0 Å². The van der Waals surface area contributed by atoms with Crippen LogP contribution < -0.4 is 15.5 Å². The number of hydrogen-bond donors (Lipinski definition) is 2. The summed E-state index contributed by atoms with van der Waals surface area (Å²) < 4.78 is 41.9. The third-order valence-corrected chi connectivity index (χ3v) is 6.23. The number of nitrogens with zero attached hydrogens (tertiary/aromatic N) is 1. The Morgan fingerprint density at radius 2 is 1.93 bits per heavy atom. The molecule has 1 saturated heterocycles. The molecule has 2 aliphatic rings. The Morgan fingerprint density at radius 3 is 2.59 bits per heavy atom. The van der Waals surface area contributed by atoms with Crippen molar-refractivity contribution in [3.8, 4) is 0 Å². The number of nitrogens with one attached hydrogen (secondary N) is 2. The van der Waals surface area contributed by atoms with E-state index in [0.29, 0.717) is 17.9 Å². The summed E-state index contributed by atoms with van der Waals surface area (Å²) in [5, 5.41) is 6.52. The second-order valence-electron chi connectivity index (χ2n) is 7.47. The minimum Gasteiger partial charge on any atom is -0.367 e. The molecular formula is C21H24F3N3. The number of rotatable bonds is 3. The summed E-state index contributed by atoms with van der Waals surface area (Å²) >= 11 is 0. The van der Waals surface area contributed by atoms with Gasteiger partial charge in [-0.25, -0.2) is 0 Å². The van der Waals surface area contributed by atoms with E-state index in [9.17, 15) is 13.2 Å². The molecule has 2 atom stereocenters. The van der Waals surface area contributed by atoms with Gasteiger partial charge in [0.2, 0.25) is 0 Å². The van der Waals surface area contributed by atoms with E-state index in [0.717, 1.165) is 30.6 Å². The summed E-state index contributed by atoms with van der Waals surface area (Å²) in [6, 6.07) is 12.5. The lowest BCUT2D eigenvalue weighted by Crippen LogP contribution is -2.54. The highest BCUT2D eigenvalue weighted by Gasteiger charge is 2.53. The van der Waals surface area contributed by atoms with E-state index in [4.69, 9.17) is 0 Å². The molecule has 2 heterocycles. The lowest BCUT2D eigenvalue weighted by atomic mass is 9.75. The predicted octanol–water partition coefficient (Wildman–Crippen LogP) is 5.12. The molecule has 0 amide bonds. The van der Waals surface area contributed by atoms with Crippen LogP contribution in [0.3, 0.4) is 0 Å². The van der Waals surface area contributed by atoms with Gasteiger partial charge in [-0.05, 0) is 49.2 Å². The van der Waals surface area contributed by atoms with Crippen molar-refractivity contribution in [2.24, 2.45) is 0 Å². The lowest BCUT2D eigenvalue weighted by molar-refractivity contribution is -0.137. The summed E-state index contributed by atoms with van der Waals surface area (Å²) in [5.41, 5.74) is 1.59. The van der Waals surface area contributed by atoms with Crippen LogP contribution in [-0.2, 0) is 6.18 Å². The van der Waals surface area contributed by atoms with Crippen LogP contribution >= 0.6 is 0 Å². The number of piperidine rings is 1. The number of fused-ring (bicyclic) bond motifs is 3. The number of alkyl halides is 3. The van der Waals surface area contributed by atoms with Crippen molar-refractivity contribution in [3.05, 3.63) is 53.6 Å². The maximum atomic E-state index is 14.0. The van der Waals surface area contributed by atoms with Crippen molar-refractivity contribution in [2.75, 3.05) is 30.4 Å². The first-order valence-corrected chi connectivity index (χ1v) is 9.38. The van der Waals surface area contributed by atoms with Gasteiger partial charge in [0.15, 0.2) is 0 Å². The van der Waals surface area contributed by atoms with Crippen molar-refractivity contribution < 1.29 is 13.2 Å². The first-order valence-electron chi connectivity index (χ1n) is 9.38. The highest BCUT2D eigenvalue weighted by atomic mass is 19.4. The number of halogens is 3. The molecule has 0 saturated carbocycles. The topological polar surface area (TPSA) is 27.3 Å². The molecule has 2 aromatic carbocycles. The maximum absolute atomic E-state index is 14.0. The van der Waals surface area contributed by atoms with Crippen LogP contribution in [-0.4, -0.2) is 25.7 Å². The van der Waals surface area contributed by atoms with Crippen LogP contribution in [0.5, 0.6) is 0 Å². The molecule has 3 nitrogen and oxygen atoms in total. The third-order valence-electron chi connectivity index (χ3n) is 6.23. The van der Waals surface area contributed by atoms with Crippen LogP contribution in [0.4, 0.5) is 30.2 Å². The Bertz CT molecular complexity index is 835. The fourth-order valence-corrected chi connectivity index (χ4v) is 4.87. The maximum Gasteiger partial charge on any atom is 0.418 e. The minimum atomic E-state index is -4.40. The molecule has 6 heteroatoms. The van der Waals surface area contributed by atoms with Gasteiger partial charge in [-0.3, -0.25) is 0 Å². The Labute approximate surface area is 157 Å². The molecule has 0 unspecified atom stereocenters. The molecule has 0 aromatic heterocycles. The van der Waals surface area contributed by atoms with Crippen molar-refractivity contribution >= 4 is 17.1 Å². The smallest absolute Gasteiger partial charge is 0.367 e. The molecular weight excluding hydrogens is 351 g/mol. The second kappa shape index (κ2) is 6.44. The van der Waals surface area contributed by atoms with Gasteiger partial charge in [-0.2, -0.15) is 13.2 Å². The first-order chi connectivity index (χ1) is 12.9. The van der Waals surface area contributed by atoms with Crippen molar-refractivity contribution in [2.45, 2.75) is 37.4 Å². The largest absolute Gasteiger partial charge is 0.418 e. The Hall–Kier alpha value is -2.21. The van der Waals surface area contributed by atoms with E-state index in [1.54, 1.807) is 0 Å². The van der Waals surface area contributed by atoms with Gasteiger partial charge in [0, 0.05) is 36.4 Å². The molecule has 144 valence electrons. The highest BCUT2D eigenvalue weighted by molar-refractivity contribution is 5.75. The number of benzene rings is 2. The Kier molecular flexibility index (Phi) is 4.34. The van der Waals surface area contributed by atoms with E-state index in [1.165, 1.54) is 6.07 Å². The van der Waals surface area contributed by atoms with Crippen LogP contribution in [0.2, 0.25) is 0 Å². The van der Waals surface area contributed by atoms with Gasteiger partial charge in [-0.1, -0.05) is 25.1 Å². The van der Waals surface area contributed by atoms with Gasteiger partial charge in [-0.15, -0.1) is 0 Å². The van der Waals surface area contributed by atoms with Crippen LogP contribution in [0.15, 0.2) is 42.5 Å². The summed E-state index contributed by atoms with van der Waals surface area (Å²) in [4.78, 5) is 1.91. The van der Waals surface area contributed by atoms with Crippen molar-refractivity contribution in [3.63, 3.8) is 0 Å². The van der Waals surface area contributed by atoms with E-state index in [2.05, 4.69) is 17.6 Å². The zero-order chi connectivity index (χ0) is 19.2. The number of anilines is 3. The normalized spacial score (nSPS) is 24.5. The van der Waals surface area contributed by atoms with Crippen molar-refractivity contribution in [1.82, 2.24) is 5.32 Å².